The van der Waals surface area contributed by atoms with E-state index < -0.39 is 47.9 Å². The number of aliphatic carboxylic acids is 1. The molecule has 3 amide bonds. The number of guanidine groups is 1. The van der Waals surface area contributed by atoms with Gasteiger partial charge in [-0.1, -0.05) is 0 Å². The number of nitrogens with two attached hydrogens (primary N) is 2. The number of hydrogen-bond donors (Lipinski definition) is 8. The van der Waals surface area contributed by atoms with Crippen LogP contribution in [-0.2, 0) is 19.2 Å². The third-order valence-electron chi connectivity index (χ3n) is 5.28. The van der Waals surface area contributed by atoms with E-state index in [4.69, 9.17) is 26.4 Å². The first-order valence-corrected chi connectivity index (χ1v) is 11.4. The monoisotopic (exact) mass is 517 g/mol. The van der Waals surface area contributed by atoms with E-state index in [0.717, 1.165) is 5.56 Å². The summed E-state index contributed by atoms with van der Waals surface area (Å²) in [6, 6.07) is 4.06. The molecule has 14 nitrogen and oxygen atoms in total. The zero-order valence-corrected chi connectivity index (χ0v) is 20.3. The van der Waals surface area contributed by atoms with Crippen LogP contribution in [0.3, 0.4) is 0 Å². The highest BCUT2D eigenvalue weighted by Crippen LogP contribution is 2.21. The number of rotatable bonds is 13. The summed E-state index contributed by atoms with van der Waals surface area (Å²) in [5.41, 5.74) is 11.7. The van der Waals surface area contributed by atoms with E-state index in [-0.39, 0.29) is 37.3 Å². The molecule has 1 heterocycles. The normalized spacial score (nSPS) is 12.3. The first-order valence-electron chi connectivity index (χ1n) is 11.4. The number of benzene rings is 1. The first-order chi connectivity index (χ1) is 17.5. The summed E-state index contributed by atoms with van der Waals surface area (Å²) in [6.07, 6.45) is 0.152. The summed E-state index contributed by atoms with van der Waals surface area (Å²) >= 11 is 0. The molecule has 14 heteroatoms. The Morgan fingerprint density at radius 1 is 1.11 bits per heavy atom. The highest BCUT2D eigenvalue weighted by Gasteiger charge is 2.22. The van der Waals surface area contributed by atoms with Crippen LogP contribution in [-0.4, -0.2) is 59.9 Å². The predicted molar refractivity (Wildman–Crippen MR) is 135 cm³/mol. The molecule has 37 heavy (non-hydrogen) atoms. The number of carbonyl (C=O) groups excluding carboxylic acids is 3. The van der Waals surface area contributed by atoms with Crippen LogP contribution in [0.2, 0.25) is 0 Å². The van der Waals surface area contributed by atoms with E-state index in [1.165, 1.54) is 12.1 Å². The molecule has 0 fully saturated rings. The Labute approximate surface area is 211 Å². The quantitative estimate of drug-likeness (QED) is 0.0704. The van der Waals surface area contributed by atoms with Gasteiger partial charge in [0.25, 0.3) is 0 Å². The van der Waals surface area contributed by atoms with Crippen LogP contribution in [0.1, 0.15) is 31.2 Å². The molecule has 0 aliphatic carbocycles. The number of carboxylic acid groups (broad SMARTS) is 1. The third-order valence-corrected chi connectivity index (χ3v) is 5.28. The molecule has 1 aromatic heterocycles. The van der Waals surface area contributed by atoms with Gasteiger partial charge in [-0.15, -0.1) is 0 Å². The lowest BCUT2D eigenvalue weighted by atomic mass is 10.1. The predicted octanol–water partition coefficient (Wildman–Crippen LogP) is -0.904. The summed E-state index contributed by atoms with van der Waals surface area (Å²) < 4.78 is 5.20. The van der Waals surface area contributed by atoms with Crippen LogP contribution >= 0.6 is 0 Å². The lowest BCUT2D eigenvalue weighted by molar-refractivity contribution is -0.137. The molecule has 0 aliphatic heterocycles. The third kappa shape index (κ3) is 9.60. The lowest BCUT2D eigenvalue weighted by Gasteiger charge is -2.19. The summed E-state index contributed by atoms with van der Waals surface area (Å²) in [7, 11) is 0. The summed E-state index contributed by atoms with van der Waals surface area (Å²) in [6.45, 7) is 1.57. The Morgan fingerprint density at radius 3 is 2.51 bits per heavy atom. The molecule has 2 atom stereocenters. The number of aryl methyl sites for hydroxylation is 1. The smallest absolute Gasteiger partial charge is 0.336 e. The number of nitrogens with one attached hydrogen (secondary N) is 5. The molecule has 1 aromatic carbocycles. The Kier molecular flexibility index (Phi) is 10.6. The van der Waals surface area contributed by atoms with Gasteiger partial charge in [0.2, 0.25) is 17.7 Å². The van der Waals surface area contributed by atoms with E-state index in [1.54, 1.807) is 19.1 Å². The molecule has 200 valence electrons. The molecule has 0 bridgehead atoms. The Morgan fingerprint density at radius 2 is 1.84 bits per heavy atom. The van der Waals surface area contributed by atoms with Gasteiger partial charge >= 0.3 is 11.6 Å². The number of fused-ring (bicyclic) bond motifs is 1. The van der Waals surface area contributed by atoms with Crippen molar-refractivity contribution in [3.8, 4) is 0 Å². The number of carbonyl (C=O) groups is 4. The van der Waals surface area contributed by atoms with E-state index >= 15 is 0 Å². The van der Waals surface area contributed by atoms with E-state index in [9.17, 15) is 24.0 Å². The Balaban J connectivity index is 2.04. The molecule has 0 saturated heterocycles. The van der Waals surface area contributed by atoms with Crippen molar-refractivity contribution in [1.29, 1.82) is 5.41 Å². The largest absolute Gasteiger partial charge is 0.481 e. The molecule has 2 aromatic rings. The second-order valence-corrected chi connectivity index (χ2v) is 8.31. The second-order valence-electron chi connectivity index (χ2n) is 8.31. The molecular formula is C23H31N7O7. The van der Waals surface area contributed by atoms with E-state index in [2.05, 4.69) is 21.3 Å². The average Bonchev–Trinajstić information content (AvgIpc) is 2.82. The number of anilines is 1. The van der Waals surface area contributed by atoms with Crippen LogP contribution in [0, 0.1) is 12.3 Å². The van der Waals surface area contributed by atoms with Crippen molar-refractivity contribution in [3.63, 3.8) is 0 Å². The van der Waals surface area contributed by atoms with E-state index in [0.29, 0.717) is 17.5 Å². The van der Waals surface area contributed by atoms with Gasteiger partial charge in [-0.2, -0.15) is 0 Å². The van der Waals surface area contributed by atoms with Crippen LogP contribution in [0.25, 0.3) is 11.0 Å². The summed E-state index contributed by atoms with van der Waals surface area (Å²) in [4.78, 5) is 59.7. The fraction of sp³-hybridized carbons (Fsp3) is 0.391. The van der Waals surface area contributed by atoms with Crippen LogP contribution in [0.4, 0.5) is 5.69 Å². The highest BCUT2D eigenvalue weighted by molar-refractivity contribution is 5.99. The minimum Gasteiger partial charge on any atom is -0.481 e. The van der Waals surface area contributed by atoms with Crippen molar-refractivity contribution >= 4 is 46.3 Å². The van der Waals surface area contributed by atoms with Crippen LogP contribution < -0.4 is 38.4 Å². The van der Waals surface area contributed by atoms with Crippen molar-refractivity contribution in [3.05, 3.63) is 40.2 Å². The van der Waals surface area contributed by atoms with Gasteiger partial charge in [0.05, 0.1) is 12.6 Å². The van der Waals surface area contributed by atoms with Gasteiger partial charge < -0.3 is 42.3 Å². The van der Waals surface area contributed by atoms with Gasteiger partial charge in [-0.25, -0.2) is 4.79 Å². The maximum absolute atomic E-state index is 13.0. The maximum atomic E-state index is 13.0. The second kappa shape index (κ2) is 13.6. The first kappa shape index (κ1) is 28.8. The molecule has 0 saturated carbocycles. The number of amides is 3. The average molecular weight is 518 g/mol. The molecular weight excluding hydrogens is 486 g/mol. The molecule has 2 rings (SSSR count). The van der Waals surface area contributed by atoms with E-state index in [1.807, 2.05) is 0 Å². The van der Waals surface area contributed by atoms with Crippen LogP contribution in [0.15, 0.2) is 33.5 Å². The van der Waals surface area contributed by atoms with Crippen molar-refractivity contribution in [2.75, 3.05) is 18.4 Å². The summed E-state index contributed by atoms with van der Waals surface area (Å²) in [5.74, 6) is -3.26. The fourth-order valence-electron chi connectivity index (χ4n) is 3.38. The lowest BCUT2D eigenvalue weighted by Crippen LogP contribution is -2.49. The fourth-order valence-corrected chi connectivity index (χ4v) is 3.38. The SMILES string of the molecule is Cc1cc(=O)oc2cc(NC(=O)[C@H](CCCNC(=N)N)NC(=O)CNC(=O)[C@@H](N)CCC(=O)O)ccc12. The Hall–Kier alpha value is -4.46. The van der Waals surface area contributed by atoms with Gasteiger partial charge in [0, 0.05) is 36.2 Å². The topological polar surface area (TPSA) is 243 Å². The van der Waals surface area contributed by atoms with Crippen LogP contribution in [0.5, 0.6) is 0 Å². The standard InChI is InChI=1S/C23H31N7O7/c1-12-9-20(34)37-17-10-13(4-5-14(12)17)29-22(36)16(3-2-8-27-23(25)26)30-18(31)11-28-21(35)15(24)6-7-19(32)33/h4-5,9-10,15-16H,2-3,6-8,11,24H2,1H3,(H,28,35)(H,29,36)(H,30,31)(H,32,33)(H4,25,26,27)/t15-,16-/m0/s1. The van der Waals surface area contributed by atoms with Gasteiger partial charge in [0.15, 0.2) is 5.96 Å². The zero-order valence-electron chi connectivity index (χ0n) is 20.3. The summed E-state index contributed by atoms with van der Waals surface area (Å²) in [5, 5.41) is 26.7. The minimum absolute atomic E-state index is 0.0949. The minimum atomic E-state index is -1.10. The molecule has 10 N–H and O–H groups in total. The molecule has 0 spiro atoms. The van der Waals surface area contributed by atoms with Crippen molar-refractivity contribution < 1.29 is 28.7 Å². The van der Waals surface area contributed by atoms with Gasteiger partial charge in [-0.05, 0) is 43.9 Å². The highest BCUT2D eigenvalue weighted by atomic mass is 16.4. The molecule has 0 aliphatic rings. The maximum Gasteiger partial charge on any atom is 0.336 e. The zero-order chi connectivity index (χ0) is 27.5. The van der Waals surface area contributed by atoms with Crippen molar-refractivity contribution in [2.24, 2.45) is 11.5 Å². The van der Waals surface area contributed by atoms with Crippen molar-refractivity contribution in [2.45, 2.75) is 44.7 Å². The van der Waals surface area contributed by atoms with Crippen molar-refractivity contribution in [1.82, 2.24) is 16.0 Å². The van der Waals surface area contributed by atoms with Gasteiger partial charge in [0.1, 0.15) is 11.6 Å². The number of hydrogen-bond acceptors (Lipinski definition) is 8. The number of carboxylic acids is 1. The van der Waals surface area contributed by atoms with Gasteiger partial charge in [-0.3, -0.25) is 24.6 Å². The Bertz CT molecular complexity index is 1230. The molecule has 0 unspecified atom stereocenters. The molecule has 0 radical (unpaired) electrons.